The van der Waals surface area contributed by atoms with E-state index in [9.17, 15) is 0 Å². The minimum Gasteiger partial charge on any atom is -0.380 e. The summed E-state index contributed by atoms with van der Waals surface area (Å²) in [5, 5.41) is 0. The predicted octanol–water partition coefficient (Wildman–Crippen LogP) is 3.48. The molecule has 0 amide bonds. The number of benzene rings is 1. The fourth-order valence-corrected chi connectivity index (χ4v) is 4.76. The van der Waals surface area contributed by atoms with Crippen molar-refractivity contribution in [3.63, 3.8) is 0 Å². The minimum atomic E-state index is 0.247. The highest BCUT2D eigenvalue weighted by Gasteiger charge is 2.61. The Morgan fingerprint density at radius 2 is 2.11 bits per heavy atom. The highest BCUT2D eigenvalue weighted by atomic mass is 16.5. The van der Waals surface area contributed by atoms with Crippen molar-refractivity contribution in [3.05, 3.63) is 47.5 Å². The van der Waals surface area contributed by atoms with E-state index in [1.54, 1.807) is 11.1 Å². The third kappa shape index (κ3) is 1.07. The largest absolute Gasteiger partial charge is 0.380 e. The van der Waals surface area contributed by atoms with E-state index in [0.717, 1.165) is 13.2 Å². The molecule has 1 aromatic carbocycles. The van der Waals surface area contributed by atoms with E-state index < -0.39 is 0 Å². The highest BCUT2D eigenvalue weighted by Crippen LogP contribution is 2.61. The van der Waals surface area contributed by atoms with E-state index in [4.69, 9.17) is 4.74 Å². The third-order valence-corrected chi connectivity index (χ3v) is 5.74. The zero-order valence-corrected chi connectivity index (χ0v) is 11.0. The van der Waals surface area contributed by atoms with Crippen molar-refractivity contribution in [1.82, 2.24) is 0 Å². The van der Waals surface area contributed by atoms with Gasteiger partial charge < -0.3 is 4.74 Å². The van der Waals surface area contributed by atoms with E-state index >= 15 is 0 Å². The van der Waals surface area contributed by atoms with Crippen molar-refractivity contribution < 1.29 is 4.74 Å². The SMILES string of the molecule is C[C@@H]1C=CC[C@@]23CCc4ccccc4[C@@]12COC3. The van der Waals surface area contributed by atoms with Crippen LogP contribution in [-0.2, 0) is 16.6 Å². The molecule has 1 fully saturated rings. The molecular weight excluding hydrogens is 220 g/mol. The van der Waals surface area contributed by atoms with E-state index in [-0.39, 0.29) is 5.41 Å². The van der Waals surface area contributed by atoms with E-state index in [1.165, 1.54) is 19.3 Å². The maximum Gasteiger partial charge on any atom is 0.0575 e. The van der Waals surface area contributed by atoms with Gasteiger partial charge in [-0.2, -0.15) is 0 Å². The Kier molecular flexibility index (Phi) is 2.09. The molecule has 18 heavy (non-hydrogen) atoms. The average molecular weight is 240 g/mol. The summed E-state index contributed by atoms with van der Waals surface area (Å²) in [7, 11) is 0. The van der Waals surface area contributed by atoms with Crippen LogP contribution in [0.4, 0.5) is 0 Å². The molecule has 1 heteroatoms. The molecule has 1 saturated heterocycles. The summed E-state index contributed by atoms with van der Waals surface area (Å²) in [6.07, 6.45) is 8.52. The van der Waals surface area contributed by atoms with Crippen molar-refractivity contribution in [2.45, 2.75) is 31.6 Å². The molecule has 0 radical (unpaired) electrons. The van der Waals surface area contributed by atoms with Crippen LogP contribution in [0.3, 0.4) is 0 Å². The van der Waals surface area contributed by atoms with Crippen molar-refractivity contribution in [1.29, 1.82) is 0 Å². The Morgan fingerprint density at radius 3 is 3.06 bits per heavy atom. The number of hydrogen-bond donors (Lipinski definition) is 0. The normalized spacial score (nSPS) is 41.1. The maximum absolute atomic E-state index is 6.01. The molecule has 1 heterocycles. The van der Waals surface area contributed by atoms with Crippen LogP contribution in [0.2, 0.25) is 0 Å². The topological polar surface area (TPSA) is 9.23 Å². The van der Waals surface area contributed by atoms with Crippen molar-refractivity contribution >= 4 is 0 Å². The first-order valence-corrected chi connectivity index (χ1v) is 7.11. The van der Waals surface area contributed by atoms with E-state index in [1.807, 2.05) is 0 Å². The van der Waals surface area contributed by atoms with Gasteiger partial charge in [-0.25, -0.2) is 0 Å². The molecule has 94 valence electrons. The van der Waals surface area contributed by atoms with Gasteiger partial charge in [-0.3, -0.25) is 0 Å². The van der Waals surface area contributed by atoms with Crippen LogP contribution < -0.4 is 0 Å². The molecule has 2 aliphatic carbocycles. The first-order chi connectivity index (χ1) is 8.79. The van der Waals surface area contributed by atoms with Gasteiger partial charge in [0.25, 0.3) is 0 Å². The van der Waals surface area contributed by atoms with Crippen LogP contribution in [0, 0.1) is 11.3 Å². The number of aryl methyl sites for hydroxylation is 1. The van der Waals surface area contributed by atoms with Gasteiger partial charge in [-0.15, -0.1) is 0 Å². The van der Waals surface area contributed by atoms with Gasteiger partial charge in [0.1, 0.15) is 0 Å². The third-order valence-electron chi connectivity index (χ3n) is 5.74. The molecule has 0 saturated carbocycles. The predicted molar refractivity (Wildman–Crippen MR) is 72.6 cm³/mol. The summed E-state index contributed by atoms with van der Waals surface area (Å²) >= 11 is 0. The molecule has 0 aromatic heterocycles. The monoisotopic (exact) mass is 240 g/mol. The van der Waals surface area contributed by atoms with Crippen LogP contribution in [0.15, 0.2) is 36.4 Å². The second kappa shape index (κ2) is 3.48. The number of allylic oxidation sites excluding steroid dienone is 2. The van der Waals surface area contributed by atoms with Crippen LogP contribution >= 0.6 is 0 Å². The van der Waals surface area contributed by atoms with Gasteiger partial charge in [-0.05, 0) is 36.3 Å². The molecule has 0 unspecified atom stereocenters. The second-order valence-electron chi connectivity index (χ2n) is 6.32. The van der Waals surface area contributed by atoms with Gasteiger partial charge in [0.05, 0.1) is 13.2 Å². The fraction of sp³-hybridized carbons (Fsp3) is 0.529. The summed E-state index contributed by atoms with van der Waals surface area (Å²) < 4.78 is 6.01. The quantitative estimate of drug-likeness (QED) is 0.631. The Morgan fingerprint density at radius 1 is 1.22 bits per heavy atom. The van der Waals surface area contributed by atoms with Gasteiger partial charge >= 0.3 is 0 Å². The van der Waals surface area contributed by atoms with Crippen LogP contribution in [0.5, 0.6) is 0 Å². The number of ether oxygens (including phenoxy) is 1. The average Bonchev–Trinajstić information content (AvgIpc) is 2.81. The lowest BCUT2D eigenvalue weighted by atomic mass is 9.48. The lowest BCUT2D eigenvalue weighted by molar-refractivity contribution is 0.0997. The molecule has 1 aliphatic heterocycles. The highest BCUT2D eigenvalue weighted by molar-refractivity contribution is 5.44. The van der Waals surface area contributed by atoms with Crippen LogP contribution in [0.25, 0.3) is 0 Å². The molecule has 3 atom stereocenters. The Hall–Kier alpha value is -1.08. The van der Waals surface area contributed by atoms with Crippen molar-refractivity contribution in [3.8, 4) is 0 Å². The first kappa shape index (κ1) is 10.8. The minimum absolute atomic E-state index is 0.247. The van der Waals surface area contributed by atoms with E-state index in [0.29, 0.717) is 11.3 Å². The molecular formula is C17H20O. The van der Waals surface area contributed by atoms with Crippen molar-refractivity contribution in [2.24, 2.45) is 11.3 Å². The lowest BCUT2D eigenvalue weighted by Gasteiger charge is -2.53. The Labute approximate surface area is 109 Å². The standard InChI is InChI=1S/C17H20O/c1-13-5-4-9-16-10-8-14-6-2-3-7-15(14)17(13,16)12-18-11-16/h2-7,13H,8-12H2,1H3/t13-,16+,17-/m1/s1. The molecule has 0 bridgehead atoms. The molecule has 1 nitrogen and oxygen atoms in total. The number of rotatable bonds is 0. The van der Waals surface area contributed by atoms with Gasteiger partial charge in [-0.1, -0.05) is 43.3 Å². The first-order valence-electron chi connectivity index (χ1n) is 7.11. The van der Waals surface area contributed by atoms with Gasteiger partial charge in [0.2, 0.25) is 0 Å². The van der Waals surface area contributed by atoms with Crippen LogP contribution in [-0.4, -0.2) is 13.2 Å². The summed E-state index contributed by atoms with van der Waals surface area (Å²) in [5.41, 5.74) is 3.75. The summed E-state index contributed by atoms with van der Waals surface area (Å²) in [5.74, 6) is 0.593. The molecule has 4 rings (SSSR count). The summed E-state index contributed by atoms with van der Waals surface area (Å²) in [6, 6.07) is 9.06. The summed E-state index contributed by atoms with van der Waals surface area (Å²) in [4.78, 5) is 0. The van der Waals surface area contributed by atoms with Crippen molar-refractivity contribution in [2.75, 3.05) is 13.2 Å². The van der Waals surface area contributed by atoms with E-state index in [2.05, 4.69) is 43.3 Å². The molecule has 0 N–H and O–H groups in total. The summed E-state index contributed by atoms with van der Waals surface area (Å²) in [6.45, 7) is 4.24. The molecule has 3 aliphatic rings. The Bertz CT molecular complexity index is 518. The number of hydrogen-bond acceptors (Lipinski definition) is 1. The Balaban J connectivity index is 2.00. The fourth-order valence-electron chi connectivity index (χ4n) is 4.76. The maximum atomic E-state index is 6.01. The molecule has 1 aromatic rings. The zero-order chi connectivity index (χ0) is 12.2. The van der Waals surface area contributed by atoms with Gasteiger partial charge in [0, 0.05) is 10.8 Å². The van der Waals surface area contributed by atoms with Gasteiger partial charge in [0.15, 0.2) is 0 Å². The molecule has 0 spiro atoms. The van der Waals surface area contributed by atoms with Crippen LogP contribution in [0.1, 0.15) is 30.9 Å². The number of fused-ring (bicyclic) bond motifs is 1. The zero-order valence-electron chi connectivity index (χ0n) is 11.0. The second-order valence-corrected chi connectivity index (χ2v) is 6.32. The smallest absolute Gasteiger partial charge is 0.0575 e. The lowest BCUT2D eigenvalue weighted by Crippen LogP contribution is -2.53.